The molecule has 0 unspecified atom stereocenters. The fourth-order valence-corrected chi connectivity index (χ4v) is 2.53. The van der Waals surface area contributed by atoms with Crippen molar-refractivity contribution < 1.29 is 4.79 Å². The van der Waals surface area contributed by atoms with Gasteiger partial charge >= 0.3 is 0 Å². The Balaban J connectivity index is 1.48. The fourth-order valence-electron chi connectivity index (χ4n) is 2.53. The summed E-state index contributed by atoms with van der Waals surface area (Å²) in [5.74, 6) is -0.146. The number of hydrogen-bond acceptors (Lipinski definition) is 4. The van der Waals surface area contributed by atoms with E-state index in [1.165, 1.54) is 4.80 Å². The fraction of sp³-hybridized carbons (Fsp3) is 0.294. The predicted molar refractivity (Wildman–Crippen MR) is 90.6 cm³/mol. The van der Waals surface area contributed by atoms with Gasteiger partial charge in [-0.2, -0.15) is 15.0 Å². The van der Waals surface area contributed by atoms with Crippen LogP contribution in [-0.4, -0.2) is 32.0 Å². The van der Waals surface area contributed by atoms with Crippen LogP contribution in [0.15, 0.2) is 47.3 Å². The number of nitrogens with zero attached hydrogens (tertiary/aromatic N) is 4. The van der Waals surface area contributed by atoms with Crippen LogP contribution in [0.25, 0.3) is 11.0 Å². The molecule has 0 spiro atoms. The Kier molecular flexibility index (Phi) is 4.69. The van der Waals surface area contributed by atoms with Crippen LogP contribution in [0, 0.1) is 6.92 Å². The normalized spacial score (nSPS) is 10.9. The summed E-state index contributed by atoms with van der Waals surface area (Å²) in [4.78, 5) is 25.1. The van der Waals surface area contributed by atoms with Gasteiger partial charge in [-0.1, -0.05) is 18.2 Å². The molecule has 7 heteroatoms. The monoisotopic (exact) mass is 325 g/mol. The largest absolute Gasteiger partial charge is 0.354 e. The average molecular weight is 325 g/mol. The lowest BCUT2D eigenvalue weighted by Gasteiger charge is -2.09. The molecule has 3 aromatic rings. The molecule has 0 aliphatic carbocycles. The lowest BCUT2D eigenvalue weighted by atomic mass is 10.3. The minimum absolute atomic E-state index is 0.0197. The summed E-state index contributed by atoms with van der Waals surface area (Å²) in [7, 11) is 0. The van der Waals surface area contributed by atoms with Crippen LogP contribution in [0.2, 0.25) is 0 Å². The number of carbonyl (C=O) groups excluding carboxylic acids is 1. The van der Waals surface area contributed by atoms with Gasteiger partial charge in [0.05, 0.1) is 0 Å². The summed E-state index contributed by atoms with van der Waals surface area (Å²) in [6.07, 6.45) is 0.686. The Bertz CT molecular complexity index is 879. The number of hydrogen-bond donors (Lipinski definition) is 1. The summed E-state index contributed by atoms with van der Waals surface area (Å²) in [5.41, 5.74) is 2.43. The maximum absolute atomic E-state index is 12.0. The highest BCUT2D eigenvalue weighted by atomic mass is 16.2. The van der Waals surface area contributed by atoms with Gasteiger partial charge in [0.1, 0.15) is 17.6 Å². The van der Waals surface area contributed by atoms with E-state index >= 15 is 0 Å². The van der Waals surface area contributed by atoms with Gasteiger partial charge in [0.25, 0.3) is 5.56 Å². The van der Waals surface area contributed by atoms with Gasteiger partial charge in [-0.25, -0.2) is 0 Å². The van der Waals surface area contributed by atoms with E-state index in [-0.39, 0.29) is 18.0 Å². The molecule has 0 fully saturated rings. The lowest BCUT2D eigenvalue weighted by molar-refractivity contribution is -0.122. The molecule has 0 bridgehead atoms. The minimum Gasteiger partial charge on any atom is -0.354 e. The zero-order valence-corrected chi connectivity index (χ0v) is 13.5. The van der Waals surface area contributed by atoms with Gasteiger partial charge in [-0.15, -0.1) is 0 Å². The lowest BCUT2D eigenvalue weighted by Crippen LogP contribution is -2.30. The highest BCUT2D eigenvalue weighted by molar-refractivity contribution is 5.76. The molecule has 2 aromatic heterocycles. The minimum atomic E-state index is -0.146. The Morgan fingerprint density at radius 3 is 2.46 bits per heavy atom. The zero-order valence-electron chi connectivity index (χ0n) is 13.5. The van der Waals surface area contributed by atoms with Gasteiger partial charge in [0.2, 0.25) is 5.91 Å². The Morgan fingerprint density at radius 1 is 1.08 bits per heavy atom. The van der Waals surface area contributed by atoms with Crippen molar-refractivity contribution in [1.29, 1.82) is 0 Å². The predicted octanol–water partition coefficient (Wildman–Crippen LogP) is 1.11. The molecule has 0 saturated carbocycles. The quantitative estimate of drug-likeness (QED) is 0.688. The van der Waals surface area contributed by atoms with Gasteiger partial charge in [0, 0.05) is 24.8 Å². The number of pyridine rings is 1. The van der Waals surface area contributed by atoms with Crippen LogP contribution in [0.5, 0.6) is 0 Å². The van der Waals surface area contributed by atoms with Crippen molar-refractivity contribution in [3.63, 3.8) is 0 Å². The van der Waals surface area contributed by atoms with Crippen LogP contribution in [-0.2, 0) is 17.9 Å². The van der Waals surface area contributed by atoms with Crippen molar-refractivity contribution in [3.05, 3.63) is 58.5 Å². The van der Waals surface area contributed by atoms with Crippen molar-refractivity contribution in [1.82, 2.24) is 24.9 Å². The highest BCUT2D eigenvalue weighted by Crippen LogP contribution is 2.06. The molecule has 7 nitrogen and oxygen atoms in total. The first-order chi connectivity index (χ1) is 11.6. The number of amides is 1. The molecule has 0 radical (unpaired) electrons. The van der Waals surface area contributed by atoms with Crippen LogP contribution in [0.4, 0.5) is 0 Å². The van der Waals surface area contributed by atoms with E-state index in [4.69, 9.17) is 0 Å². The molecule has 1 amide bonds. The molecular formula is C17H19N5O2. The number of benzene rings is 1. The molecule has 24 heavy (non-hydrogen) atoms. The average Bonchev–Trinajstić information content (AvgIpc) is 2.95. The first-order valence-corrected chi connectivity index (χ1v) is 7.86. The summed E-state index contributed by atoms with van der Waals surface area (Å²) in [5, 5.41) is 11.3. The van der Waals surface area contributed by atoms with Crippen molar-refractivity contribution in [3.8, 4) is 0 Å². The van der Waals surface area contributed by atoms with E-state index in [9.17, 15) is 9.59 Å². The van der Waals surface area contributed by atoms with Crippen LogP contribution in [0.3, 0.4) is 0 Å². The summed E-state index contributed by atoms with van der Waals surface area (Å²) < 4.78 is 1.70. The number of aromatic nitrogens is 4. The number of fused-ring (bicyclic) bond motifs is 1. The third-order valence-corrected chi connectivity index (χ3v) is 3.76. The van der Waals surface area contributed by atoms with Gasteiger partial charge < -0.3 is 9.88 Å². The summed E-state index contributed by atoms with van der Waals surface area (Å²) in [6, 6.07) is 12.7. The van der Waals surface area contributed by atoms with Gasteiger partial charge in [-0.3, -0.25) is 9.59 Å². The van der Waals surface area contributed by atoms with E-state index in [1.807, 2.05) is 37.3 Å². The second-order valence-corrected chi connectivity index (χ2v) is 5.58. The molecule has 0 aliphatic rings. The summed E-state index contributed by atoms with van der Waals surface area (Å²) >= 11 is 0. The number of carbonyl (C=O) groups is 1. The third kappa shape index (κ3) is 3.68. The van der Waals surface area contributed by atoms with Crippen molar-refractivity contribution in [2.24, 2.45) is 0 Å². The van der Waals surface area contributed by atoms with Gasteiger partial charge in [0.15, 0.2) is 0 Å². The molecule has 2 heterocycles. The second-order valence-electron chi connectivity index (χ2n) is 5.58. The molecule has 3 rings (SSSR count). The molecular weight excluding hydrogens is 306 g/mol. The van der Waals surface area contributed by atoms with Gasteiger partial charge in [-0.05, 0) is 31.5 Å². The van der Waals surface area contributed by atoms with Crippen molar-refractivity contribution in [2.75, 3.05) is 6.54 Å². The molecule has 0 saturated heterocycles. The number of nitrogens with one attached hydrogen (secondary N) is 1. The van der Waals surface area contributed by atoms with Crippen LogP contribution in [0.1, 0.15) is 12.1 Å². The van der Waals surface area contributed by atoms with Crippen LogP contribution < -0.4 is 10.9 Å². The topological polar surface area (TPSA) is 81.8 Å². The first-order valence-electron chi connectivity index (χ1n) is 7.86. The van der Waals surface area contributed by atoms with E-state index in [2.05, 4.69) is 15.5 Å². The maximum atomic E-state index is 12.0. The third-order valence-electron chi connectivity index (χ3n) is 3.76. The second kappa shape index (κ2) is 7.08. The molecule has 1 N–H and O–H groups in total. The Hall–Kier alpha value is -2.96. The smallest absolute Gasteiger partial charge is 0.250 e. The van der Waals surface area contributed by atoms with E-state index in [0.717, 1.165) is 16.7 Å². The highest BCUT2D eigenvalue weighted by Gasteiger charge is 2.07. The Morgan fingerprint density at radius 2 is 1.79 bits per heavy atom. The standard InChI is InChI=1S/C17H19N5O2/c1-13-6-4-9-17(24)21(13)11-5-10-18-16(23)12-22-19-14-7-2-3-8-15(14)20-22/h2-4,6-9H,5,10-12H2,1H3,(H,18,23). The summed E-state index contributed by atoms with van der Waals surface area (Å²) in [6.45, 7) is 3.06. The first kappa shape index (κ1) is 15.9. The van der Waals surface area contributed by atoms with E-state index in [1.54, 1.807) is 16.7 Å². The molecule has 124 valence electrons. The zero-order chi connectivity index (χ0) is 16.9. The molecule has 1 aromatic carbocycles. The Labute approximate surface area is 138 Å². The molecule has 0 aliphatic heterocycles. The van der Waals surface area contributed by atoms with E-state index in [0.29, 0.717) is 19.5 Å². The number of rotatable bonds is 6. The van der Waals surface area contributed by atoms with E-state index < -0.39 is 0 Å². The van der Waals surface area contributed by atoms with Crippen LogP contribution >= 0.6 is 0 Å². The van der Waals surface area contributed by atoms with Crippen molar-refractivity contribution in [2.45, 2.75) is 26.4 Å². The maximum Gasteiger partial charge on any atom is 0.250 e. The van der Waals surface area contributed by atoms with Crippen molar-refractivity contribution >= 4 is 16.9 Å². The number of aryl methyl sites for hydroxylation is 1. The molecule has 0 atom stereocenters. The SMILES string of the molecule is Cc1cccc(=O)n1CCCNC(=O)Cn1nc2ccccc2n1.